The number of imidazole rings is 1. The van der Waals surface area contributed by atoms with Gasteiger partial charge in [-0.2, -0.15) is 4.73 Å². The molecule has 0 N–H and O–H groups in total. The number of pyridine rings is 1. The number of para-hydroxylation sites is 3. The lowest BCUT2D eigenvalue weighted by atomic mass is 10.2. The zero-order valence-electron chi connectivity index (χ0n) is 11.5. The van der Waals surface area contributed by atoms with Gasteiger partial charge < -0.3 is 4.84 Å². The molecule has 2 heterocycles. The molecule has 2 aromatic carbocycles. The monoisotopic (exact) mass is 289 g/mol. The van der Waals surface area contributed by atoms with Crippen molar-refractivity contribution < 1.29 is 9.63 Å². The third-order valence-corrected chi connectivity index (χ3v) is 3.43. The van der Waals surface area contributed by atoms with E-state index in [0.717, 1.165) is 21.9 Å². The Labute approximate surface area is 125 Å². The van der Waals surface area contributed by atoms with Crippen LogP contribution in [0.15, 0.2) is 67.1 Å². The minimum atomic E-state index is -0.471. The van der Waals surface area contributed by atoms with Gasteiger partial charge in [-0.05, 0) is 24.3 Å². The lowest BCUT2D eigenvalue weighted by Crippen LogP contribution is -2.19. The largest absolute Gasteiger partial charge is 0.365 e. The molecule has 0 bridgehead atoms. The summed E-state index contributed by atoms with van der Waals surface area (Å²) < 4.78 is 1.37. The Bertz CT molecular complexity index is 991. The lowest BCUT2D eigenvalue weighted by Gasteiger charge is -2.05. The third kappa shape index (κ3) is 2.09. The predicted molar refractivity (Wildman–Crippen MR) is 82.4 cm³/mol. The maximum absolute atomic E-state index is 12.3. The van der Waals surface area contributed by atoms with Crippen molar-refractivity contribution in [1.29, 1.82) is 0 Å². The summed E-state index contributed by atoms with van der Waals surface area (Å²) in [6.45, 7) is 0. The van der Waals surface area contributed by atoms with Gasteiger partial charge in [0.15, 0.2) is 0 Å². The van der Waals surface area contributed by atoms with Crippen molar-refractivity contribution >= 4 is 27.9 Å². The molecule has 2 aromatic heterocycles. The first-order chi connectivity index (χ1) is 10.8. The summed E-state index contributed by atoms with van der Waals surface area (Å²) in [6, 6.07) is 16.8. The van der Waals surface area contributed by atoms with Gasteiger partial charge in [-0.25, -0.2) is 9.78 Å². The number of hydrogen-bond donors (Lipinski definition) is 0. The van der Waals surface area contributed by atoms with E-state index in [1.54, 1.807) is 6.07 Å². The summed E-state index contributed by atoms with van der Waals surface area (Å²) in [6.07, 6.45) is 3.00. The first kappa shape index (κ1) is 12.5. The van der Waals surface area contributed by atoms with Crippen molar-refractivity contribution in [1.82, 2.24) is 14.7 Å². The average molecular weight is 289 g/mol. The third-order valence-electron chi connectivity index (χ3n) is 3.43. The molecule has 4 rings (SSSR count). The normalized spacial score (nSPS) is 10.9. The molecule has 5 nitrogen and oxygen atoms in total. The number of nitrogens with zero attached hydrogens (tertiary/aromatic N) is 3. The molecular formula is C17H11N3O2. The molecular weight excluding hydrogens is 278 g/mol. The molecule has 0 saturated carbocycles. The maximum atomic E-state index is 12.3. The number of carbonyl (C=O) groups excluding carboxylic acids is 1. The second kappa shape index (κ2) is 4.96. The maximum Gasteiger partial charge on any atom is 0.365 e. The SMILES string of the molecule is O=C(On1cnc2ccccc21)c1cnc2ccccc2c1. The van der Waals surface area contributed by atoms with E-state index < -0.39 is 5.97 Å². The van der Waals surface area contributed by atoms with Crippen LogP contribution >= 0.6 is 0 Å². The number of benzene rings is 2. The predicted octanol–water partition coefficient (Wildman–Crippen LogP) is 2.85. The van der Waals surface area contributed by atoms with Crippen molar-refractivity contribution in [2.75, 3.05) is 0 Å². The van der Waals surface area contributed by atoms with Crippen LogP contribution in [0.25, 0.3) is 21.9 Å². The molecule has 0 unspecified atom stereocenters. The number of carbonyl (C=O) groups is 1. The number of rotatable bonds is 2. The van der Waals surface area contributed by atoms with Crippen LogP contribution in [0.3, 0.4) is 0 Å². The Balaban J connectivity index is 1.68. The molecule has 0 aliphatic rings. The van der Waals surface area contributed by atoms with Gasteiger partial charge in [0.2, 0.25) is 0 Å². The van der Waals surface area contributed by atoms with Crippen LogP contribution in [0.4, 0.5) is 0 Å². The molecule has 4 aromatic rings. The van der Waals surface area contributed by atoms with Crippen LogP contribution < -0.4 is 4.84 Å². The van der Waals surface area contributed by atoms with Gasteiger partial charge in [0.25, 0.3) is 0 Å². The topological polar surface area (TPSA) is 57.0 Å². The fourth-order valence-electron chi connectivity index (χ4n) is 2.33. The quantitative estimate of drug-likeness (QED) is 0.569. The van der Waals surface area contributed by atoms with Gasteiger partial charge in [-0.15, -0.1) is 0 Å². The van der Waals surface area contributed by atoms with Crippen molar-refractivity contribution in [2.45, 2.75) is 0 Å². The summed E-state index contributed by atoms with van der Waals surface area (Å²) in [5, 5.41) is 0.896. The molecule has 0 atom stereocenters. The highest BCUT2D eigenvalue weighted by Crippen LogP contribution is 2.14. The molecule has 0 saturated heterocycles. The molecule has 5 heteroatoms. The van der Waals surface area contributed by atoms with E-state index >= 15 is 0 Å². The Morgan fingerprint density at radius 1 is 0.955 bits per heavy atom. The molecule has 106 valence electrons. The zero-order valence-corrected chi connectivity index (χ0v) is 11.5. The van der Waals surface area contributed by atoms with Crippen LogP contribution in [0, 0.1) is 0 Å². The smallest absolute Gasteiger partial charge is 0.329 e. The summed E-state index contributed by atoms with van der Waals surface area (Å²) in [4.78, 5) is 26.1. The van der Waals surface area contributed by atoms with Crippen molar-refractivity contribution in [3.63, 3.8) is 0 Å². The summed E-state index contributed by atoms with van der Waals surface area (Å²) in [5.74, 6) is -0.471. The van der Waals surface area contributed by atoms with Crippen LogP contribution in [-0.4, -0.2) is 20.7 Å². The van der Waals surface area contributed by atoms with Gasteiger partial charge in [0.05, 0.1) is 16.6 Å². The Morgan fingerprint density at radius 2 is 1.73 bits per heavy atom. The highest BCUT2D eigenvalue weighted by molar-refractivity contribution is 5.94. The minimum Gasteiger partial charge on any atom is -0.329 e. The van der Waals surface area contributed by atoms with E-state index in [-0.39, 0.29) is 0 Å². The zero-order chi connectivity index (χ0) is 14.9. The standard InChI is InChI=1S/C17H11N3O2/c21-17(13-9-12-5-1-2-6-14(12)18-10-13)22-20-11-19-15-7-3-4-8-16(15)20/h1-11H. The number of aromatic nitrogens is 3. The summed E-state index contributed by atoms with van der Waals surface area (Å²) in [5.41, 5.74) is 2.75. The van der Waals surface area contributed by atoms with Gasteiger partial charge in [-0.1, -0.05) is 30.3 Å². The first-order valence-corrected chi connectivity index (χ1v) is 6.81. The summed E-state index contributed by atoms with van der Waals surface area (Å²) in [7, 11) is 0. The van der Waals surface area contributed by atoms with Crippen molar-refractivity contribution in [2.24, 2.45) is 0 Å². The molecule has 0 amide bonds. The van der Waals surface area contributed by atoms with Crippen LogP contribution in [0.2, 0.25) is 0 Å². The van der Waals surface area contributed by atoms with Crippen molar-refractivity contribution in [3.05, 3.63) is 72.7 Å². The Hall–Kier alpha value is -3.21. The van der Waals surface area contributed by atoms with E-state index in [9.17, 15) is 4.79 Å². The van der Waals surface area contributed by atoms with E-state index in [0.29, 0.717) is 5.56 Å². The van der Waals surface area contributed by atoms with Gasteiger partial charge >= 0.3 is 5.97 Å². The average Bonchev–Trinajstić information content (AvgIpc) is 2.97. The molecule has 22 heavy (non-hydrogen) atoms. The highest BCUT2D eigenvalue weighted by atomic mass is 16.7. The number of hydrogen-bond acceptors (Lipinski definition) is 4. The van der Waals surface area contributed by atoms with E-state index in [4.69, 9.17) is 4.84 Å². The fraction of sp³-hybridized carbons (Fsp3) is 0. The molecule has 0 aliphatic heterocycles. The van der Waals surface area contributed by atoms with E-state index in [2.05, 4.69) is 9.97 Å². The molecule has 0 spiro atoms. The Kier molecular flexibility index (Phi) is 2.83. The second-order valence-electron chi connectivity index (χ2n) is 4.85. The second-order valence-corrected chi connectivity index (χ2v) is 4.85. The van der Waals surface area contributed by atoms with E-state index in [1.807, 2.05) is 48.5 Å². The van der Waals surface area contributed by atoms with Crippen LogP contribution in [0.1, 0.15) is 10.4 Å². The molecule has 0 aliphatic carbocycles. The van der Waals surface area contributed by atoms with Gasteiger partial charge in [0.1, 0.15) is 11.8 Å². The highest BCUT2D eigenvalue weighted by Gasteiger charge is 2.12. The Morgan fingerprint density at radius 3 is 2.64 bits per heavy atom. The minimum absolute atomic E-state index is 0.400. The van der Waals surface area contributed by atoms with Crippen LogP contribution in [0.5, 0.6) is 0 Å². The molecule has 0 radical (unpaired) electrons. The van der Waals surface area contributed by atoms with Crippen molar-refractivity contribution in [3.8, 4) is 0 Å². The van der Waals surface area contributed by atoms with Gasteiger partial charge in [0, 0.05) is 11.6 Å². The first-order valence-electron chi connectivity index (χ1n) is 6.81. The fourth-order valence-corrected chi connectivity index (χ4v) is 2.33. The molecule has 0 fully saturated rings. The summed E-state index contributed by atoms with van der Waals surface area (Å²) >= 11 is 0. The number of fused-ring (bicyclic) bond motifs is 2. The lowest BCUT2D eigenvalue weighted by molar-refractivity contribution is 0.0479. The van der Waals surface area contributed by atoms with E-state index in [1.165, 1.54) is 17.3 Å². The van der Waals surface area contributed by atoms with Gasteiger partial charge in [-0.3, -0.25) is 4.98 Å². The van der Waals surface area contributed by atoms with Crippen LogP contribution in [-0.2, 0) is 0 Å².